The van der Waals surface area contributed by atoms with Gasteiger partial charge in [-0.25, -0.2) is 0 Å². The first-order valence-corrected chi connectivity index (χ1v) is 12.0. The summed E-state index contributed by atoms with van der Waals surface area (Å²) in [6, 6.07) is 0. The van der Waals surface area contributed by atoms with Crippen LogP contribution in [0, 0.1) is 5.92 Å². The Morgan fingerprint density at radius 3 is 1.96 bits per heavy atom. The summed E-state index contributed by atoms with van der Waals surface area (Å²) < 4.78 is 5.37. The third-order valence-electron chi connectivity index (χ3n) is 5.98. The zero-order valence-corrected chi connectivity index (χ0v) is 17.7. The van der Waals surface area contributed by atoms with Crippen molar-refractivity contribution >= 4 is 5.97 Å². The minimum atomic E-state index is 0.0265. The van der Waals surface area contributed by atoms with Gasteiger partial charge in [-0.3, -0.25) is 4.79 Å². The van der Waals surface area contributed by atoms with Gasteiger partial charge in [-0.2, -0.15) is 0 Å². The molecule has 2 heteroatoms. The van der Waals surface area contributed by atoms with Crippen molar-refractivity contribution in [3.8, 4) is 0 Å². The topological polar surface area (TPSA) is 26.3 Å². The summed E-state index contributed by atoms with van der Waals surface area (Å²) in [7, 11) is 0. The number of carbonyl (C=O) groups excluding carboxylic acids is 1. The average Bonchev–Trinajstić information content (AvgIpc) is 2.66. The molecule has 0 amide bonds. The lowest BCUT2D eigenvalue weighted by Gasteiger charge is -2.21. The molecule has 0 N–H and O–H groups in total. The highest BCUT2D eigenvalue weighted by molar-refractivity contribution is 5.69. The second-order valence-electron chi connectivity index (χ2n) is 8.51. The SMILES string of the molecule is CCCCCCCCCCCCOC(=O)CCCCCC1CCCCC1. The Bertz CT molecular complexity index is 307. The maximum Gasteiger partial charge on any atom is 0.305 e. The van der Waals surface area contributed by atoms with E-state index in [-0.39, 0.29) is 5.97 Å². The van der Waals surface area contributed by atoms with Gasteiger partial charge in [0.1, 0.15) is 0 Å². The van der Waals surface area contributed by atoms with E-state index in [1.54, 1.807) is 0 Å². The highest BCUT2D eigenvalue weighted by Crippen LogP contribution is 2.28. The molecule has 0 spiro atoms. The molecule has 0 aromatic rings. The third-order valence-corrected chi connectivity index (χ3v) is 5.98. The first-order chi connectivity index (χ1) is 12.8. The van der Waals surface area contributed by atoms with E-state index >= 15 is 0 Å². The molecule has 26 heavy (non-hydrogen) atoms. The van der Waals surface area contributed by atoms with Crippen molar-refractivity contribution < 1.29 is 9.53 Å². The monoisotopic (exact) mass is 366 g/mol. The minimum absolute atomic E-state index is 0.0265. The molecule has 0 radical (unpaired) electrons. The van der Waals surface area contributed by atoms with Crippen LogP contribution in [0.3, 0.4) is 0 Å². The Kier molecular flexibility index (Phi) is 16.2. The standard InChI is InChI=1S/C24H46O2/c1-2-3-4-5-6-7-8-9-10-17-22-26-24(25)21-16-12-15-20-23-18-13-11-14-19-23/h23H,2-22H2,1H3. The molecular formula is C24H46O2. The molecule has 1 aliphatic carbocycles. The van der Waals surface area contributed by atoms with E-state index in [2.05, 4.69) is 6.92 Å². The second-order valence-corrected chi connectivity index (χ2v) is 8.51. The molecule has 154 valence electrons. The van der Waals surface area contributed by atoms with Crippen molar-refractivity contribution in [2.24, 2.45) is 5.92 Å². The lowest BCUT2D eigenvalue weighted by molar-refractivity contribution is -0.143. The number of esters is 1. The molecule has 0 atom stereocenters. The number of hydrogen-bond donors (Lipinski definition) is 0. The van der Waals surface area contributed by atoms with Crippen molar-refractivity contribution in [1.29, 1.82) is 0 Å². The van der Waals surface area contributed by atoms with Gasteiger partial charge in [0.15, 0.2) is 0 Å². The van der Waals surface area contributed by atoms with Crippen molar-refractivity contribution in [2.45, 2.75) is 135 Å². The van der Waals surface area contributed by atoms with Crippen molar-refractivity contribution in [3.63, 3.8) is 0 Å². The molecule has 1 aliphatic rings. The summed E-state index contributed by atoms with van der Waals surface area (Å²) in [5.41, 5.74) is 0. The number of hydrogen-bond acceptors (Lipinski definition) is 2. The summed E-state index contributed by atoms with van der Waals surface area (Å²) in [6.07, 6.45) is 26.0. The first kappa shape index (κ1) is 23.5. The van der Waals surface area contributed by atoms with Gasteiger partial charge < -0.3 is 4.74 Å². The van der Waals surface area contributed by atoms with Crippen LogP contribution >= 0.6 is 0 Å². The smallest absolute Gasteiger partial charge is 0.305 e. The summed E-state index contributed by atoms with van der Waals surface area (Å²) >= 11 is 0. The average molecular weight is 367 g/mol. The van der Waals surface area contributed by atoms with Crippen LogP contribution in [-0.4, -0.2) is 12.6 Å². The number of unbranched alkanes of at least 4 members (excludes halogenated alkanes) is 11. The van der Waals surface area contributed by atoms with E-state index in [1.807, 2.05) is 0 Å². The Balaban J connectivity index is 1.75. The molecule has 0 aromatic carbocycles. The van der Waals surface area contributed by atoms with E-state index in [9.17, 15) is 4.79 Å². The molecule has 1 rings (SSSR count). The van der Waals surface area contributed by atoms with Crippen LogP contribution in [0.5, 0.6) is 0 Å². The molecule has 0 heterocycles. The Morgan fingerprint density at radius 1 is 0.731 bits per heavy atom. The van der Waals surface area contributed by atoms with E-state index in [1.165, 1.54) is 109 Å². The molecule has 0 aliphatic heterocycles. The van der Waals surface area contributed by atoms with Gasteiger partial charge in [0, 0.05) is 6.42 Å². The molecule has 0 aromatic heterocycles. The van der Waals surface area contributed by atoms with Crippen molar-refractivity contribution in [3.05, 3.63) is 0 Å². The van der Waals surface area contributed by atoms with Crippen molar-refractivity contribution in [1.82, 2.24) is 0 Å². The Morgan fingerprint density at radius 2 is 1.31 bits per heavy atom. The number of rotatable bonds is 17. The fourth-order valence-electron chi connectivity index (χ4n) is 4.20. The predicted molar refractivity (Wildman–Crippen MR) is 112 cm³/mol. The summed E-state index contributed by atoms with van der Waals surface area (Å²) in [5.74, 6) is 1.01. The largest absolute Gasteiger partial charge is 0.466 e. The molecule has 0 saturated heterocycles. The normalized spacial score (nSPS) is 15.3. The Hall–Kier alpha value is -0.530. The van der Waals surface area contributed by atoms with Crippen LogP contribution in [0.1, 0.15) is 135 Å². The summed E-state index contributed by atoms with van der Waals surface area (Å²) in [5, 5.41) is 0. The quantitative estimate of drug-likeness (QED) is 0.193. The molecule has 0 bridgehead atoms. The van der Waals surface area contributed by atoms with E-state index in [4.69, 9.17) is 4.74 Å². The van der Waals surface area contributed by atoms with E-state index < -0.39 is 0 Å². The molecule has 0 unspecified atom stereocenters. The van der Waals surface area contributed by atoms with Crippen molar-refractivity contribution in [2.75, 3.05) is 6.61 Å². The molecular weight excluding hydrogens is 320 g/mol. The van der Waals surface area contributed by atoms with Gasteiger partial charge >= 0.3 is 5.97 Å². The zero-order valence-electron chi connectivity index (χ0n) is 17.7. The van der Waals surface area contributed by atoms with Crippen LogP contribution in [0.15, 0.2) is 0 Å². The van der Waals surface area contributed by atoms with E-state index in [0.29, 0.717) is 13.0 Å². The Labute approximate surface area is 163 Å². The van der Waals surface area contributed by atoms with Crippen LogP contribution in [0.25, 0.3) is 0 Å². The van der Waals surface area contributed by atoms with Crippen LogP contribution in [0.4, 0.5) is 0 Å². The maximum absolute atomic E-state index is 11.7. The van der Waals surface area contributed by atoms with Gasteiger partial charge in [-0.1, -0.05) is 116 Å². The summed E-state index contributed by atoms with van der Waals surface area (Å²) in [4.78, 5) is 11.7. The lowest BCUT2D eigenvalue weighted by Crippen LogP contribution is -2.07. The highest BCUT2D eigenvalue weighted by atomic mass is 16.5. The van der Waals surface area contributed by atoms with Crippen LogP contribution in [-0.2, 0) is 9.53 Å². The second kappa shape index (κ2) is 17.9. The van der Waals surface area contributed by atoms with Gasteiger partial charge in [0.05, 0.1) is 6.61 Å². The fraction of sp³-hybridized carbons (Fsp3) is 0.958. The third kappa shape index (κ3) is 14.6. The molecule has 1 fully saturated rings. The number of carbonyl (C=O) groups is 1. The van der Waals surface area contributed by atoms with E-state index in [0.717, 1.165) is 18.8 Å². The number of ether oxygens (including phenoxy) is 1. The fourth-order valence-corrected chi connectivity index (χ4v) is 4.20. The van der Waals surface area contributed by atoms with Gasteiger partial charge in [0.25, 0.3) is 0 Å². The lowest BCUT2D eigenvalue weighted by atomic mass is 9.85. The molecule has 2 nitrogen and oxygen atoms in total. The predicted octanol–water partition coefficient (Wildman–Crippen LogP) is 7.98. The van der Waals surface area contributed by atoms with Crippen LogP contribution < -0.4 is 0 Å². The zero-order chi connectivity index (χ0) is 18.7. The summed E-state index contributed by atoms with van der Waals surface area (Å²) in [6.45, 7) is 2.91. The maximum atomic E-state index is 11.7. The van der Waals surface area contributed by atoms with Gasteiger partial charge in [0.2, 0.25) is 0 Å². The van der Waals surface area contributed by atoms with Gasteiger partial charge in [-0.15, -0.1) is 0 Å². The first-order valence-electron chi connectivity index (χ1n) is 12.0. The minimum Gasteiger partial charge on any atom is -0.466 e. The molecule has 1 saturated carbocycles. The van der Waals surface area contributed by atoms with Crippen LogP contribution in [0.2, 0.25) is 0 Å². The van der Waals surface area contributed by atoms with Gasteiger partial charge in [-0.05, 0) is 18.8 Å². The highest BCUT2D eigenvalue weighted by Gasteiger charge is 2.12.